The molecule has 0 bridgehead atoms. The average molecular weight is 439 g/mol. The van der Waals surface area contributed by atoms with E-state index in [1.165, 1.54) is 17.2 Å². The van der Waals surface area contributed by atoms with Gasteiger partial charge in [0.25, 0.3) is 5.56 Å². The van der Waals surface area contributed by atoms with Crippen LogP contribution in [-0.4, -0.2) is 36.8 Å². The molecule has 1 aromatic carbocycles. The number of benzene rings is 1. The van der Waals surface area contributed by atoms with E-state index < -0.39 is 5.69 Å². The zero-order valence-electron chi connectivity index (χ0n) is 19.4. The van der Waals surface area contributed by atoms with Crippen LogP contribution < -0.4 is 21.4 Å². The minimum absolute atomic E-state index is 0.226. The third kappa shape index (κ3) is 3.84. The summed E-state index contributed by atoms with van der Waals surface area (Å²) in [5.41, 5.74) is 5.54. The number of hydrazine groups is 1. The van der Waals surface area contributed by atoms with E-state index in [-0.39, 0.29) is 11.6 Å². The highest BCUT2D eigenvalue weighted by Gasteiger charge is 2.22. The molecule has 1 aliphatic rings. The Labute approximate surface area is 186 Å². The van der Waals surface area contributed by atoms with E-state index in [9.17, 15) is 9.59 Å². The smallest absolute Gasteiger partial charge is 0.332 e. The number of hydrogen-bond acceptors (Lipinski definition) is 6. The number of nitrogens with zero attached hydrogens (tertiary/aromatic N) is 5. The quantitative estimate of drug-likeness (QED) is 0.636. The number of aromatic nitrogens is 4. The highest BCUT2D eigenvalue weighted by molar-refractivity contribution is 5.72. The normalized spacial score (nSPS) is 16.3. The Kier molecular flexibility index (Phi) is 5.68. The maximum absolute atomic E-state index is 12.9. The van der Waals surface area contributed by atoms with Crippen LogP contribution in [-0.2, 0) is 20.6 Å². The summed E-state index contributed by atoms with van der Waals surface area (Å²) in [6.07, 6.45) is 2.92. The third-order valence-corrected chi connectivity index (χ3v) is 5.84. The van der Waals surface area contributed by atoms with Crippen molar-refractivity contribution in [2.24, 2.45) is 20.0 Å². The first-order valence-electron chi connectivity index (χ1n) is 10.8. The molecule has 3 heterocycles. The Morgan fingerprint density at radius 1 is 1.09 bits per heavy atom. The fraction of sp³-hybridized carbons (Fsp3) is 0.435. The van der Waals surface area contributed by atoms with Gasteiger partial charge < -0.3 is 9.75 Å². The van der Waals surface area contributed by atoms with E-state index in [0.29, 0.717) is 35.4 Å². The molecule has 1 unspecified atom stereocenters. The maximum atomic E-state index is 12.9. The Hall–Kier alpha value is -3.33. The lowest BCUT2D eigenvalue weighted by atomic mass is 10.0. The van der Waals surface area contributed by atoms with Gasteiger partial charge in [-0.1, -0.05) is 26.0 Å². The molecule has 9 nitrogen and oxygen atoms in total. The molecule has 1 atom stereocenters. The summed E-state index contributed by atoms with van der Waals surface area (Å²) < 4.78 is 10.4. The monoisotopic (exact) mass is 438 g/mol. The molecule has 3 aromatic rings. The van der Waals surface area contributed by atoms with Crippen LogP contribution in [0.2, 0.25) is 0 Å². The van der Waals surface area contributed by atoms with E-state index in [1.54, 1.807) is 11.6 Å². The lowest BCUT2D eigenvalue weighted by Crippen LogP contribution is -2.37. The Morgan fingerprint density at radius 2 is 1.78 bits per heavy atom. The van der Waals surface area contributed by atoms with Crippen LogP contribution in [0, 0.1) is 5.92 Å². The minimum Gasteiger partial charge on any atom is -0.425 e. The standard InChI is InChI=1S/C23H30N6O3/c1-14(2)11-12-29-19-20(27(5)23(31)28(6)21(19)30)24-22(29)32-17-9-7-16(8-10-17)18-13-26(4)25-15(18)3/h7-10,13-15,25H,11-12H2,1-6H3. The third-order valence-electron chi connectivity index (χ3n) is 5.84. The number of fused-ring (bicyclic) bond motifs is 1. The van der Waals surface area contributed by atoms with Crippen molar-refractivity contribution in [3.8, 4) is 11.8 Å². The first kappa shape index (κ1) is 21.9. The molecule has 0 saturated carbocycles. The van der Waals surface area contributed by atoms with Crippen molar-refractivity contribution in [3.05, 3.63) is 56.9 Å². The molecular formula is C23H30N6O3. The van der Waals surface area contributed by atoms with Crippen molar-refractivity contribution in [1.29, 1.82) is 0 Å². The molecule has 32 heavy (non-hydrogen) atoms. The van der Waals surface area contributed by atoms with Crippen LogP contribution in [0.4, 0.5) is 0 Å². The second kappa shape index (κ2) is 8.31. The van der Waals surface area contributed by atoms with Gasteiger partial charge in [-0.2, -0.15) is 4.98 Å². The van der Waals surface area contributed by atoms with Crippen LogP contribution >= 0.6 is 0 Å². The second-order valence-electron chi connectivity index (χ2n) is 8.78. The van der Waals surface area contributed by atoms with E-state index in [1.807, 2.05) is 36.3 Å². The molecular weight excluding hydrogens is 408 g/mol. The lowest BCUT2D eigenvalue weighted by molar-refractivity contribution is 0.340. The molecule has 2 aromatic heterocycles. The van der Waals surface area contributed by atoms with Gasteiger partial charge in [0, 0.05) is 33.9 Å². The predicted octanol–water partition coefficient (Wildman–Crippen LogP) is 2.45. The molecule has 0 aliphatic carbocycles. The van der Waals surface area contributed by atoms with Gasteiger partial charge in [-0.15, -0.1) is 0 Å². The van der Waals surface area contributed by atoms with Gasteiger partial charge in [-0.3, -0.25) is 18.5 Å². The topological polar surface area (TPSA) is 86.3 Å². The summed E-state index contributed by atoms with van der Waals surface area (Å²) in [5.74, 6) is 1.05. The van der Waals surface area contributed by atoms with Crippen LogP contribution in [0.15, 0.2) is 40.1 Å². The molecule has 4 rings (SSSR count). The van der Waals surface area contributed by atoms with Crippen LogP contribution in [0.3, 0.4) is 0 Å². The van der Waals surface area contributed by atoms with Gasteiger partial charge >= 0.3 is 11.7 Å². The van der Waals surface area contributed by atoms with Crippen molar-refractivity contribution in [1.82, 2.24) is 29.1 Å². The molecule has 1 N–H and O–H groups in total. The predicted molar refractivity (Wildman–Crippen MR) is 125 cm³/mol. The molecule has 0 saturated heterocycles. The summed E-state index contributed by atoms with van der Waals surface area (Å²) in [6, 6.07) is 8.34. The molecule has 0 amide bonds. The first-order chi connectivity index (χ1) is 15.2. The SMILES string of the molecule is CC(C)CCn1c(Oc2ccc(C3=CN(C)NC3C)cc2)nc2c1c(=O)n(C)c(=O)n2C. The zero-order chi connectivity index (χ0) is 23.2. The highest BCUT2D eigenvalue weighted by Crippen LogP contribution is 2.28. The first-order valence-corrected chi connectivity index (χ1v) is 10.8. The zero-order valence-corrected chi connectivity index (χ0v) is 19.4. The Morgan fingerprint density at radius 3 is 2.38 bits per heavy atom. The molecule has 1 aliphatic heterocycles. The van der Waals surface area contributed by atoms with E-state index in [4.69, 9.17) is 4.74 Å². The molecule has 170 valence electrons. The average Bonchev–Trinajstić information content (AvgIpc) is 3.28. The van der Waals surface area contributed by atoms with Gasteiger partial charge in [0.15, 0.2) is 11.2 Å². The summed E-state index contributed by atoms with van der Waals surface area (Å²) in [4.78, 5) is 29.8. The minimum atomic E-state index is -0.413. The van der Waals surface area contributed by atoms with Crippen LogP contribution in [0.25, 0.3) is 16.7 Å². The van der Waals surface area contributed by atoms with Gasteiger partial charge in [0.05, 0.1) is 6.04 Å². The number of imidazole rings is 1. The number of hydrogen-bond donors (Lipinski definition) is 1. The van der Waals surface area contributed by atoms with Crippen molar-refractivity contribution in [2.75, 3.05) is 7.05 Å². The van der Waals surface area contributed by atoms with Crippen molar-refractivity contribution in [3.63, 3.8) is 0 Å². The van der Waals surface area contributed by atoms with E-state index in [2.05, 4.69) is 37.4 Å². The van der Waals surface area contributed by atoms with Gasteiger partial charge in [0.2, 0.25) is 0 Å². The van der Waals surface area contributed by atoms with Crippen molar-refractivity contribution in [2.45, 2.75) is 39.8 Å². The fourth-order valence-electron chi connectivity index (χ4n) is 3.98. The second-order valence-corrected chi connectivity index (χ2v) is 8.78. The molecule has 0 fully saturated rings. The summed E-state index contributed by atoms with van der Waals surface area (Å²) in [5, 5.41) is 1.95. The molecule has 0 radical (unpaired) electrons. The summed E-state index contributed by atoms with van der Waals surface area (Å²) >= 11 is 0. The maximum Gasteiger partial charge on any atom is 0.332 e. The number of aryl methyl sites for hydroxylation is 2. The highest BCUT2D eigenvalue weighted by atomic mass is 16.5. The van der Waals surface area contributed by atoms with Gasteiger partial charge in [0.1, 0.15) is 5.75 Å². The van der Waals surface area contributed by atoms with Crippen LogP contribution in [0.1, 0.15) is 32.8 Å². The van der Waals surface area contributed by atoms with Gasteiger partial charge in [-0.25, -0.2) is 10.2 Å². The largest absolute Gasteiger partial charge is 0.425 e. The number of ether oxygens (including phenoxy) is 1. The van der Waals surface area contributed by atoms with E-state index in [0.717, 1.165) is 16.6 Å². The lowest BCUT2D eigenvalue weighted by Gasteiger charge is -2.13. The van der Waals surface area contributed by atoms with Gasteiger partial charge in [-0.05, 0) is 42.5 Å². The molecule has 0 spiro atoms. The summed E-state index contributed by atoms with van der Waals surface area (Å²) in [6.45, 7) is 6.92. The number of rotatable bonds is 6. The number of nitrogens with one attached hydrogen (secondary N) is 1. The van der Waals surface area contributed by atoms with E-state index >= 15 is 0 Å². The molecule has 9 heteroatoms. The Bertz CT molecular complexity index is 1300. The summed E-state index contributed by atoms with van der Waals surface area (Å²) in [7, 11) is 5.07. The Balaban J connectivity index is 1.74. The van der Waals surface area contributed by atoms with Crippen molar-refractivity contribution < 1.29 is 4.74 Å². The fourth-order valence-corrected chi connectivity index (χ4v) is 3.98. The van der Waals surface area contributed by atoms with Crippen molar-refractivity contribution >= 4 is 16.7 Å². The van der Waals surface area contributed by atoms with Crippen LogP contribution in [0.5, 0.6) is 11.8 Å².